The summed E-state index contributed by atoms with van der Waals surface area (Å²) in [5.41, 5.74) is 1.66. The molecule has 3 rings (SSSR count). The Labute approximate surface area is 142 Å². The van der Waals surface area contributed by atoms with Gasteiger partial charge in [-0.1, -0.05) is 18.2 Å². The molecule has 128 valence electrons. The van der Waals surface area contributed by atoms with Crippen molar-refractivity contribution in [1.82, 2.24) is 20.1 Å². The van der Waals surface area contributed by atoms with Crippen LogP contribution in [0.25, 0.3) is 11.5 Å². The Kier molecular flexibility index (Phi) is 5.27. The van der Waals surface area contributed by atoms with Crippen molar-refractivity contribution in [2.24, 2.45) is 0 Å². The molecule has 1 aromatic carbocycles. The van der Waals surface area contributed by atoms with Gasteiger partial charge in [0.25, 0.3) is 0 Å². The Hall–Kier alpha value is -2.18. The van der Waals surface area contributed by atoms with Crippen molar-refractivity contribution in [3.05, 3.63) is 42.3 Å². The maximum Gasteiger partial charge on any atom is 0.234 e. The van der Waals surface area contributed by atoms with Gasteiger partial charge in [0.2, 0.25) is 11.8 Å². The van der Waals surface area contributed by atoms with E-state index >= 15 is 0 Å². The first-order valence-corrected chi connectivity index (χ1v) is 8.27. The van der Waals surface area contributed by atoms with Crippen molar-refractivity contribution < 1.29 is 9.21 Å². The van der Waals surface area contributed by atoms with Gasteiger partial charge in [0.15, 0.2) is 0 Å². The lowest BCUT2D eigenvalue weighted by Gasteiger charge is -2.19. The molecule has 0 aliphatic carbocycles. The molecule has 6 heteroatoms. The lowest BCUT2D eigenvalue weighted by molar-refractivity contribution is -0.122. The smallest absolute Gasteiger partial charge is 0.234 e. The zero-order valence-corrected chi connectivity index (χ0v) is 14.2. The summed E-state index contributed by atoms with van der Waals surface area (Å²) in [6, 6.07) is 10.3. The molecule has 0 unspecified atom stereocenters. The molecule has 1 aromatic heterocycles. The molecule has 1 N–H and O–H groups in total. The van der Waals surface area contributed by atoms with Gasteiger partial charge in [0.05, 0.1) is 18.8 Å². The molecule has 2 heterocycles. The number of aromatic nitrogens is 1. The number of carbonyl (C=O) groups excluding carboxylic acids is 1. The molecule has 0 bridgehead atoms. The SMILES string of the molecule is CN(C)[C@H]1CCN(CC(=O)NCc2coc(-c3ccccc3)n2)C1. The van der Waals surface area contributed by atoms with Gasteiger partial charge >= 0.3 is 0 Å². The lowest BCUT2D eigenvalue weighted by Crippen LogP contribution is -2.38. The lowest BCUT2D eigenvalue weighted by atomic mass is 10.2. The van der Waals surface area contributed by atoms with E-state index in [1.54, 1.807) is 6.26 Å². The second-order valence-electron chi connectivity index (χ2n) is 6.43. The zero-order chi connectivity index (χ0) is 16.9. The summed E-state index contributed by atoms with van der Waals surface area (Å²) < 4.78 is 5.48. The van der Waals surface area contributed by atoms with Crippen molar-refractivity contribution >= 4 is 5.91 Å². The highest BCUT2D eigenvalue weighted by Crippen LogP contribution is 2.17. The third kappa shape index (κ3) is 4.21. The number of likely N-dealkylation sites (tertiary alicyclic amines) is 1. The number of carbonyl (C=O) groups is 1. The predicted molar refractivity (Wildman–Crippen MR) is 92.3 cm³/mol. The first kappa shape index (κ1) is 16.7. The van der Waals surface area contributed by atoms with Gasteiger partial charge in [-0.15, -0.1) is 0 Å². The van der Waals surface area contributed by atoms with Crippen LogP contribution in [0.5, 0.6) is 0 Å². The van der Waals surface area contributed by atoms with E-state index in [1.165, 1.54) is 0 Å². The Morgan fingerprint density at radius 2 is 2.17 bits per heavy atom. The number of nitrogens with one attached hydrogen (secondary N) is 1. The molecule has 0 radical (unpaired) electrons. The van der Waals surface area contributed by atoms with E-state index in [2.05, 4.69) is 34.2 Å². The molecule has 1 aliphatic heterocycles. The molecule has 1 amide bonds. The highest BCUT2D eigenvalue weighted by molar-refractivity contribution is 5.78. The molecule has 1 aliphatic rings. The molecule has 1 saturated heterocycles. The van der Waals surface area contributed by atoms with Crippen molar-refractivity contribution in [2.75, 3.05) is 33.7 Å². The van der Waals surface area contributed by atoms with Gasteiger partial charge in [0, 0.05) is 24.7 Å². The van der Waals surface area contributed by atoms with Crippen LogP contribution in [0, 0.1) is 0 Å². The predicted octanol–water partition coefficient (Wildman–Crippen LogP) is 1.59. The molecule has 24 heavy (non-hydrogen) atoms. The van der Waals surface area contributed by atoms with Gasteiger partial charge < -0.3 is 14.6 Å². The van der Waals surface area contributed by atoms with E-state index in [9.17, 15) is 4.79 Å². The number of rotatable bonds is 6. The van der Waals surface area contributed by atoms with Crippen molar-refractivity contribution in [3.63, 3.8) is 0 Å². The highest BCUT2D eigenvalue weighted by atomic mass is 16.3. The van der Waals surface area contributed by atoms with Gasteiger partial charge in [-0.25, -0.2) is 4.98 Å². The first-order chi connectivity index (χ1) is 11.6. The number of hydrogen-bond donors (Lipinski definition) is 1. The molecule has 0 spiro atoms. The molecular weight excluding hydrogens is 304 g/mol. The Morgan fingerprint density at radius 3 is 2.88 bits per heavy atom. The standard InChI is InChI=1S/C18H24N4O2/c1-21(2)16-8-9-22(11-16)12-17(23)19-10-15-13-24-18(20-15)14-6-4-3-5-7-14/h3-7,13,16H,8-12H2,1-2H3,(H,19,23)/t16-/m0/s1. The van der Waals surface area contributed by atoms with Gasteiger partial charge in [0.1, 0.15) is 6.26 Å². The van der Waals surface area contributed by atoms with E-state index in [-0.39, 0.29) is 5.91 Å². The van der Waals surface area contributed by atoms with E-state index in [0.717, 1.165) is 30.8 Å². The second kappa shape index (κ2) is 7.59. The fraction of sp³-hybridized carbons (Fsp3) is 0.444. The van der Waals surface area contributed by atoms with Crippen LogP contribution in [0.4, 0.5) is 0 Å². The average Bonchev–Trinajstić information content (AvgIpc) is 3.23. The molecule has 2 aromatic rings. The van der Waals surface area contributed by atoms with Crippen LogP contribution >= 0.6 is 0 Å². The summed E-state index contributed by atoms with van der Waals surface area (Å²) in [6.45, 7) is 2.74. The van der Waals surface area contributed by atoms with E-state index in [1.807, 2.05) is 30.3 Å². The van der Waals surface area contributed by atoms with Crippen LogP contribution in [0.1, 0.15) is 12.1 Å². The topological polar surface area (TPSA) is 61.6 Å². The van der Waals surface area contributed by atoms with Crippen LogP contribution in [0.15, 0.2) is 41.0 Å². The number of benzene rings is 1. The minimum atomic E-state index is 0.0265. The number of nitrogens with zero attached hydrogens (tertiary/aromatic N) is 3. The average molecular weight is 328 g/mol. The van der Waals surface area contributed by atoms with Crippen LogP contribution in [-0.2, 0) is 11.3 Å². The summed E-state index contributed by atoms with van der Waals surface area (Å²) in [5.74, 6) is 0.604. The molecule has 1 fully saturated rings. The Balaban J connectivity index is 1.46. The monoisotopic (exact) mass is 328 g/mol. The molecule has 0 saturated carbocycles. The summed E-state index contributed by atoms with van der Waals surface area (Å²) >= 11 is 0. The normalized spacial score (nSPS) is 18.2. The second-order valence-corrected chi connectivity index (χ2v) is 6.43. The van der Waals surface area contributed by atoms with Crippen LogP contribution < -0.4 is 5.32 Å². The summed E-state index contributed by atoms with van der Waals surface area (Å²) in [6.07, 6.45) is 2.71. The number of likely N-dealkylation sites (N-methyl/N-ethyl adjacent to an activating group) is 1. The largest absolute Gasteiger partial charge is 0.444 e. The minimum Gasteiger partial charge on any atom is -0.444 e. The zero-order valence-electron chi connectivity index (χ0n) is 14.2. The minimum absolute atomic E-state index is 0.0265. The van der Waals surface area contributed by atoms with Gasteiger partial charge in [-0.2, -0.15) is 0 Å². The fourth-order valence-corrected chi connectivity index (χ4v) is 2.93. The summed E-state index contributed by atoms with van der Waals surface area (Å²) in [4.78, 5) is 20.9. The van der Waals surface area contributed by atoms with E-state index < -0.39 is 0 Å². The van der Waals surface area contributed by atoms with E-state index in [4.69, 9.17) is 4.42 Å². The van der Waals surface area contributed by atoms with Gasteiger partial charge in [-0.05, 0) is 32.6 Å². The van der Waals surface area contributed by atoms with Crippen molar-refractivity contribution in [2.45, 2.75) is 19.0 Å². The van der Waals surface area contributed by atoms with Crippen molar-refractivity contribution in [1.29, 1.82) is 0 Å². The van der Waals surface area contributed by atoms with Crippen LogP contribution in [-0.4, -0.2) is 60.5 Å². The van der Waals surface area contributed by atoms with Crippen LogP contribution in [0.3, 0.4) is 0 Å². The highest BCUT2D eigenvalue weighted by Gasteiger charge is 2.25. The van der Waals surface area contributed by atoms with E-state index in [0.29, 0.717) is 25.0 Å². The Bertz CT molecular complexity index is 669. The summed E-state index contributed by atoms with van der Waals surface area (Å²) in [5, 5.41) is 2.92. The van der Waals surface area contributed by atoms with Gasteiger partial charge in [-0.3, -0.25) is 9.69 Å². The maximum absolute atomic E-state index is 12.1. The quantitative estimate of drug-likeness (QED) is 0.873. The number of hydrogen-bond acceptors (Lipinski definition) is 5. The maximum atomic E-state index is 12.1. The van der Waals surface area contributed by atoms with Crippen LogP contribution in [0.2, 0.25) is 0 Å². The molecule has 6 nitrogen and oxygen atoms in total. The third-order valence-electron chi connectivity index (χ3n) is 4.38. The first-order valence-electron chi connectivity index (χ1n) is 8.27. The van der Waals surface area contributed by atoms with Crippen molar-refractivity contribution in [3.8, 4) is 11.5 Å². The molecule has 1 atom stereocenters. The Morgan fingerprint density at radius 1 is 1.38 bits per heavy atom. The third-order valence-corrected chi connectivity index (χ3v) is 4.38. The summed E-state index contributed by atoms with van der Waals surface area (Å²) in [7, 11) is 4.17. The number of amides is 1. The number of oxazole rings is 1. The fourth-order valence-electron chi connectivity index (χ4n) is 2.93. The molecular formula is C18H24N4O2.